The number of nitriles is 1. The molecule has 0 unspecified atom stereocenters. The van der Waals surface area contributed by atoms with Crippen molar-refractivity contribution in [1.82, 2.24) is 14.8 Å². The van der Waals surface area contributed by atoms with E-state index in [4.69, 9.17) is 9.68 Å². The van der Waals surface area contributed by atoms with Crippen LogP contribution in [-0.4, -0.2) is 41.0 Å². The molecule has 2 heterocycles. The van der Waals surface area contributed by atoms with E-state index in [1.54, 1.807) is 0 Å². The first kappa shape index (κ1) is 17.5. The Morgan fingerprint density at radius 3 is 2.22 bits per heavy atom. The fraction of sp³-hybridized carbons (Fsp3) is 0.273. The molecule has 4 rings (SSSR count). The van der Waals surface area contributed by atoms with Gasteiger partial charge in [0.25, 0.3) is 0 Å². The third kappa shape index (κ3) is 4.43. The zero-order chi connectivity index (χ0) is 18.5. The van der Waals surface area contributed by atoms with Gasteiger partial charge in [-0.3, -0.25) is 9.80 Å². The first-order chi connectivity index (χ1) is 13.3. The van der Waals surface area contributed by atoms with E-state index in [0.717, 1.165) is 56.5 Å². The van der Waals surface area contributed by atoms with Crippen molar-refractivity contribution < 1.29 is 4.42 Å². The summed E-state index contributed by atoms with van der Waals surface area (Å²) in [6.07, 6.45) is 1.81. The van der Waals surface area contributed by atoms with E-state index in [9.17, 15) is 0 Å². The Hall–Kier alpha value is -2.94. The lowest BCUT2D eigenvalue weighted by Gasteiger charge is -2.34. The predicted molar refractivity (Wildman–Crippen MR) is 104 cm³/mol. The summed E-state index contributed by atoms with van der Waals surface area (Å²) in [6.45, 7) is 5.71. The third-order valence-corrected chi connectivity index (χ3v) is 4.92. The topological polar surface area (TPSA) is 56.3 Å². The Labute approximate surface area is 159 Å². The van der Waals surface area contributed by atoms with Gasteiger partial charge in [-0.15, -0.1) is 0 Å². The summed E-state index contributed by atoms with van der Waals surface area (Å²) in [4.78, 5) is 9.27. The average molecular weight is 358 g/mol. The molecule has 0 N–H and O–H groups in total. The maximum atomic E-state index is 8.89. The summed E-state index contributed by atoms with van der Waals surface area (Å²) < 4.78 is 5.92. The summed E-state index contributed by atoms with van der Waals surface area (Å²) in [5.41, 5.74) is 3.02. The highest BCUT2D eigenvalue weighted by Crippen LogP contribution is 2.21. The van der Waals surface area contributed by atoms with Crippen LogP contribution in [0.1, 0.15) is 17.0 Å². The molecule has 0 bridgehead atoms. The molecule has 5 heteroatoms. The molecular formula is C22H22N4O. The van der Waals surface area contributed by atoms with Gasteiger partial charge in [-0.05, 0) is 17.7 Å². The Bertz CT molecular complexity index is 903. The zero-order valence-electron chi connectivity index (χ0n) is 15.2. The molecule has 0 spiro atoms. The maximum absolute atomic E-state index is 8.89. The van der Waals surface area contributed by atoms with Crippen molar-refractivity contribution in [3.8, 4) is 17.4 Å². The fourth-order valence-corrected chi connectivity index (χ4v) is 3.36. The minimum absolute atomic E-state index is 0.712. The number of benzene rings is 2. The maximum Gasteiger partial charge on any atom is 0.209 e. The van der Waals surface area contributed by atoms with Crippen LogP contribution < -0.4 is 0 Å². The van der Waals surface area contributed by atoms with E-state index in [1.807, 2.05) is 60.8 Å². The Balaban J connectivity index is 1.28. The number of rotatable bonds is 5. The number of hydrogen-bond acceptors (Lipinski definition) is 5. The molecule has 0 atom stereocenters. The normalized spacial score (nSPS) is 15.5. The van der Waals surface area contributed by atoms with Gasteiger partial charge < -0.3 is 4.42 Å². The van der Waals surface area contributed by atoms with Crippen LogP contribution >= 0.6 is 0 Å². The molecule has 1 aliphatic rings. The molecule has 0 aliphatic carbocycles. The Morgan fingerprint density at radius 1 is 0.889 bits per heavy atom. The van der Waals surface area contributed by atoms with Gasteiger partial charge in [0.2, 0.25) is 5.89 Å². The quantitative estimate of drug-likeness (QED) is 0.698. The van der Waals surface area contributed by atoms with E-state index in [-0.39, 0.29) is 0 Å². The van der Waals surface area contributed by atoms with Crippen LogP contribution in [0.2, 0.25) is 0 Å². The minimum Gasteiger partial charge on any atom is -0.439 e. The SMILES string of the molecule is N#Cc1ccc(CN2CCN(Cc3ncc(-c4ccccc4)o3)CC2)cc1. The van der Waals surface area contributed by atoms with Crippen molar-refractivity contribution in [2.75, 3.05) is 26.2 Å². The van der Waals surface area contributed by atoms with E-state index < -0.39 is 0 Å². The predicted octanol–water partition coefficient (Wildman–Crippen LogP) is 3.53. The zero-order valence-corrected chi connectivity index (χ0v) is 15.2. The summed E-state index contributed by atoms with van der Waals surface area (Å²) in [5, 5.41) is 8.89. The largest absolute Gasteiger partial charge is 0.439 e. The summed E-state index contributed by atoms with van der Waals surface area (Å²) >= 11 is 0. The molecular weight excluding hydrogens is 336 g/mol. The van der Waals surface area contributed by atoms with Gasteiger partial charge in [-0.1, -0.05) is 42.5 Å². The van der Waals surface area contributed by atoms with Crippen molar-refractivity contribution >= 4 is 0 Å². The molecule has 3 aromatic rings. The standard InChI is InChI=1S/C22H22N4O/c23-14-18-6-8-19(9-7-18)16-25-10-12-26(13-11-25)17-22-24-15-21(27-22)20-4-2-1-3-5-20/h1-9,15H,10-13,16-17H2. The summed E-state index contributed by atoms with van der Waals surface area (Å²) in [6, 6.07) is 20.1. The second kappa shape index (κ2) is 8.17. The van der Waals surface area contributed by atoms with Crippen molar-refractivity contribution in [2.24, 2.45) is 0 Å². The molecule has 1 saturated heterocycles. The Kier molecular flexibility index (Phi) is 5.29. The highest BCUT2D eigenvalue weighted by molar-refractivity contribution is 5.55. The van der Waals surface area contributed by atoms with E-state index >= 15 is 0 Å². The van der Waals surface area contributed by atoms with Crippen molar-refractivity contribution in [1.29, 1.82) is 5.26 Å². The van der Waals surface area contributed by atoms with E-state index in [2.05, 4.69) is 20.9 Å². The summed E-state index contributed by atoms with van der Waals surface area (Å²) in [5.74, 6) is 1.60. The molecule has 27 heavy (non-hydrogen) atoms. The fourth-order valence-electron chi connectivity index (χ4n) is 3.36. The highest BCUT2D eigenvalue weighted by Gasteiger charge is 2.19. The van der Waals surface area contributed by atoms with Crippen LogP contribution in [0, 0.1) is 11.3 Å². The van der Waals surface area contributed by atoms with Gasteiger partial charge in [0.05, 0.1) is 24.4 Å². The number of hydrogen-bond donors (Lipinski definition) is 0. The third-order valence-electron chi connectivity index (χ3n) is 4.92. The molecule has 0 saturated carbocycles. The molecule has 0 amide bonds. The van der Waals surface area contributed by atoms with Crippen LogP contribution in [0.3, 0.4) is 0 Å². The van der Waals surface area contributed by atoms with Crippen LogP contribution in [0.15, 0.2) is 65.2 Å². The first-order valence-electron chi connectivity index (χ1n) is 9.24. The number of piperazine rings is 1. The van der Waals surface area contributed by atoms with Gasteiger partial charge in [-0.25, -0.2) is 4.98 Å². The van der Waals surface area contributed by atoms with Crippen molar-refractivity contribution in [3.63, 3.8) is 0 Å². The highest BCUT2D eigenvalue weighted by atomic mass is 16.4. The molecule has 5 nitrogen and oxygen atoms in total. The lowest BCUT2D eigenvalue weighted by Crippen LogP contribution is -2.45. The second-order valence-corrected chi connectivity index (χ2v) is 6.85. The molecule has 1 aliphatic heterocycles. The second-order valence-electron chi connectivity index (χ2n) is 6.85. The van der Waals surface area contributed by atoms with Crippen LogP contribution in [0.5, 0.6) is 0 Å². The lowest BCUT2D eigenvalue weighted by molar-refractivity contribution is 0.114. The van der Waals surface area contributed by atoms with Gasteiger partial charge in [0, 0.05) is 38.3 Å². The van der Waals surface area contributed by atoms with Gasteiger partial charge >= 0.3 is 0 Å². The van der Waals surface area contributed by atoms with Crippen molar-refractivity contribution in [2.45, 2.75) is 13.1 Å². The Morgan fingerprint density at radius 2 is 1.56 bits per heavy atom. The van der Waals surface area contributed by atoms with Gasteiger partial charge in [0.15, 0.2) is 5.76 Å². The minimum atomic E-state index is 0.712. The van der Waals surface area contributed by atoms with Gasteiger partial charge in [0.1, 0.15) is 0 Å². The summed E-state index contributed by atoms with van der Waals surface area (Å²) in [7, 11) is 0. The monoisotopic (exact) mass is 358 g/mol. The first-order valence-corrected chi connectivity index (χ1v) is 9.24. The van der Waals surface area contributed by atoms with Crippen LogP contribution in [-0.2, 0) is 13.1 Å². The molecule has 2 aromatic carbocycles. The van der Waals surface area contributed by atoms with Crippen LogP contribution in [0.25, 0.3) is 11.3 Å². The number of aromatic nitrogens is 1. The molecule has 1 fully saturated rings. The molecule has 1 aromatic heterocycles. The molecule has 136 valence electrons. The van der Waals surface area contributed by atoms with Crippen LogP contribution in [0.4, 0.5) is 0 Å². The van der Waals surface area contributed by atoms with E-state index in [1.165, 1.54) is 5.56 Å². The van der Waals surface area contributed by atoms with Crippen molar-refractivity contribution in [3.05, 3.63) is 77.8 Å². The molecule has 0 radical (unpaired) electrons. The number of nitrogens with zero attached hydrogens (tertiary/aromatic N) is 4. The smallest absolute Gasteiger partial charge is 0.209 e. The van der Waals surface area contributed by atoms with Gasteiger partial charge in [-0.2, -0.15) is 5.26 Å². The lowest BCUT2D eigenvalue weighted by atomic mass is 10.1. The number of oxazole rings is 1. The average Bonchev–Trinajstić information content (AvgIpc) is 3.19. The van der Waals surface area contributed by atoms with E-state index in [0.29, 0.717) is 5.56 Å².